The summed E-state index contributed by atoms with van der Waals surface area (Å²) in [5.74, 6) is -1.55. The lowest BCUT2D eigenvalue weighted by Crippen LogP contribution is -1.96. The normalized spacial score (nSPS) is 15.5. The third-order valence-corrected chi connectivity index (χ3v) is 3.65. The number of azo groups is 1. The van der Waals surface area contributed by atoms with Gasteiger partial charge >= 0.3 is 17.9 Å². The van der Waals surface area contributed by atoms with Gasteiger partial charge in [0.2, 0.25) is 0 Å². The van der Waals surface area contributed by atoms with E-state index in [1.165, 1.54) is 12.1 Å². The van der Waals surface area contributed by atoms with Gasteiger partial charge in [-0.15, -0.1) is 0 Å². The first-order chi connectivity index (χ1) is 11.5. The van der Waals surface area contributed by atoms with Crippen molar-refractivity contribution in [2.45, 2.75) is 0 Å². The Bertz CT molecular complexity index is 911. The zero-order chi connectivity index (χ0) is 16.8. The number of carbonyl (C=O) groups is 3. The van der Waals surface area contributed by atoms with Gasteiger partial charge in [0.15, 0.2) is 0 Å². The highest BCUT2D eigenvalue weighted by Crippen LogP contribution is 2.32. The van der Waals surface area contributed by atoms with E-state index in [1.54, 1.807) is 24.3 Å². The SMILES string of the molecule is C=C1OC(=O)c2cc(N=Nc3ccc4c(c3)C(=O)OC4=O)ccc21. The molecule has 24 heavy (non-hydrogen) atoms. The molecule has 0 fully saturated rings. The van der Waals surface area contributed by atoms with Gasteiger partial charge in [0.1, 0.15) is 5.76 Å². The number of ether oxygens (including phenoxy) is 2. The summed E-state index contributed by atoms with van der Waals surface area (Å²) in [6.07, 6.45) is 0. The summed E-state index contributed by atoms with van der Waals surface area (Å²) in [5, 5.41) is 8.05. The van der Waals surface area contributed by atoms with Crippen LogP contribution in [0, 0.1) is 0 Å². The molecule has 0 saturated carbocycles. The summed E-state index contributed by atoms with van der Waals surface area (Å²) < 4.78 is 9.44. The molecule has 0 saturated heterocycles. The number of cyclic esters (lactones) is 3. The van der Waals surface area contributed by atoms with Crippen molar-refractivity contribution >= 4 is 35.0 Å². The molecule has 2 aliphatic heterocycles. The fraction of sp³-hybridized carbons (Fsp3) is 0. The maximum absolute atomic E-state index is 11.7. The van der Waals surface area contributed by atoms with Crippen molar-refractivity contribution in [3.05, 3.63) is 65.2 Å². The number of hydrogen-bond donors (Lipinski definition) is 0. The molecule has 4 rings (SSSR count). The van der Waals surface area contributed by atoms with Crippen LogP contribution < -0.4 is 0 Å². The predicted octanol–water partition coefficient (Wildman–Crippen LogP) is 3.55. The summed E-state index contributed by atoms with van der Waals surface area (Å²) >= 11 is 0. The molecule has 0 unspecified atom stereocenters. The van der Waals surface area contributed by atoms with Crippen LogP contribution in [0.3, 0.4) is 0 Å². The third kappa shape index (κ3) is 2.11. The Morgan fingerprint density at radius 3 is 1.83 bits per heavy atom. The lowest BCUT2D eigenvalue weighted by atomic mass is 10.1. The Morgan fingerprint density at radius 1 is 0.667 bits per heavy atom. The van der Waals surface area contributed by atoms with E-state index in [2.05, 4.69) is 21.5 Å². The van der Waals surface area contributed by atoms with Crippen LogP contribution in [0.2, 0.25) is 0 Å². The van der Waals surface area contributed by atoms with E-state index in [1.807, 2.05) is 0 Å². The highest BCUT2D eigenvalue weighted by molar-refractivity contribution is 6.15. The second kappa shape index (κ2) is 4.95. The highest BCUT2D eigenvalue weighted by Gasteiger charge is 2.29. The zero-order valence-corrected chi connectivity index (χ0v) is 12.1. The molecule has 0 atom stereocenters. The maximum atomic E-state index is 11.7. The number of rotatable bonds is 2. The Hall–Kier alpha value is -3.61. The van der Waals surface area contributed by atoms with Crippen LogP contribution in [0.25, 0.3) is 5.76 Å². The van der Waals surface area contributed by atoms with Crippen LogP contribution in [-0.4, -0.2) is 17.9 Å². The second-order valence-electron chi connectivity index (χ2n) is 5.15. The molecule has 0 spiro atoms. The molecule has 7 heteroatoms. The number of benzene rings is 2. The van der Waals surface area contributed by atoms with Gasteiger partial charge in [-0.1, -0.05) is 6.58 Å². The van der Waals surface area contributed by atoms with Gasteiger partial charge in [0, 0.05) is 5.56 Å². The van der Waals surface area contributed by atoms with E-state index in [0.717, 1.165) is 0 Å². The van der Waals surface area contributed by atoms with E-state index in [4.69, 9.17) is 4.74 Å². The third-order valence-electron chi connectivity index (χ3n) is 3.65. The Morgan fingerprint density at radius 2 is 1.17 bits per heavy atom. The molecule has 0 aromatic heterocycles. The minimum Gasteiger partial charge on any atom is -0.423 e. The summed E-state index contributed by atoms with van der Waals surface area (Å²) in [7, 11) is 0. The Labute approximate surface area is 135 Å². The van der Waals surface area contributed by atoms with Crippen LogP contribution in [0.15, 0.2) is 53.2 Å². The maximum Gasteiger partial charge on any atom is 0.346 e. The van der Waals surface area contributed by atoms with Crippen molar-refractivity contribution in [2.24, 2.45) is 10.2 Å². The number of hydrogen-bond acceptors (Lipinski definition) is 7. The molecule has 0 N–H and O–H groups in total. The first-order valence-electron chi connectivity index (χ1n) is 6.91. The molecule has 0 amide bonds. The Balaban J connectivity index is 1.65. The van der Waals surface area contributed by atoms with E-state index in [9.17, 15) is 14.4 Å². The summed E-state index contributed by atoms with van der Waals surface area (Å²) in [6, 6.07) is 9.32. The van der Waals surface area contributed by atoms with Gasteiger partial charge in [0.25, 0.3) is 0 Å². The number of esters is 3. The number of nitrogens with zero attached hydrogens (tertiary/aromatic N) is 2. The van der Waals surface area contributed by atoms with Gasteiger partial charge in [-0.25, -0.2) is 14.4 Å². The summed E-state index contributed by atoms with van der Waals surface area (Å²) in [5.41, 5.74) is 2.19. The fourth-order valence-electron chi connectivity index (χ4n) is 2.48. The van der Waals surface area contributed by atoms with Gasteiger partial charge in [-0.05, 0) is 36.4 Å². The minimum absolute atomic E-state index is 0.158. The van der Waals surface area contributed by atoms with Crippen molar-refractivity contribution in [3.8, 4) is 0 Å². The van der Waals surface area contributed by atoms with Crippen molar-refractivity contribution in [1.29, 1.82) is 0 Å². The average molecular weight is 320 g/mol. The molecular formula is C17H8N2O5. The van der Waals surface area contributed by atoms with Crippen molar-refractivity contribution in [3.63, 3.8) is 0 Å². The quantitative estimate of drug-likeness (QED) is 0.479. The molecule has 2 aromatic carbocycles. The van der Waals surface area contributed by atoms with Crippen LogP contribution >= 0.6 is 0 Å². The van der Waals surface area contributed by atoms with E-state index >= 15 is 0 Å². The highest BCUT2D eigenvalue weighted by atomic mass is 16.6. The van der Waals surface area contributed by atoms with Crippen LogP contribution in [0.4, 0.5) is 11.4 Å². The Kier molecular flexibility index (Phi) is 2.89. The molecule has 0 aliphatic carbocycles. The molecule has 2 heterocycles. The average Bonchev–Trinajstić information content (AvgIpc) is 3.02. The minimum atomic E-state index is -0.703. The molecule has 0 bridgehead atoms. The molecule has 2 aliphatic rings. The van der Waals surface area contributed by atoms with Crippen molar-refractivity contribution in [1.82, 2.24) is 0 Å². The second-order valence-corrected chi connectivity index (χ2v) is 5.15. The molecule has 0 radical (unpaired) electrons. The van der Waals surface area contributed by atoms with Crippen molar-refractivity contribution < 1.29 is 23.9 Å². The van der Waals surface area contributed by atoms with Crippen LogP contribution in [0.1, 0.15) is 36.6 Å². The standard InChI is InChI=1S/C17H8N2O5/c1-8-11-4-2-9(6-13(11)16(21)23-8)18-19-10-3-5-12-14(7-10)17(22)24-15(12)20/h2-7H,1H2. The smallest absolute Gasteiger partial charge is 0.346 e. The molecule has 2 aromatic rings. The first kappa shape index (κ1) is 14.0. The van der Waals surface area contributed by atoms with E-state index in [-0.39, 0.29) is 11.1 Å². The van der Waals surface area contributed by atoms with Gasteiger partial charge in [0.05, 0.1) is 28.1 Å². The van der Waals surface area contributed by atoms with Crippen LogP contribution in [-0.2, 0) is 9.47 Å². The number of fused-ring (bicyclic) bond motifs is 2. The van der Waals surface area contributed by atoms with Gasteiger partial charge in [-0.3, -0.25) is 0 Å². The summed E-state index contributed by atoms with van der Waals surface area (Å²) in [6.45, 7) is 3.65. The van der Waals surface area contributed by atoms with E-state index in [0.29, 0.717) is 28.3 Å². The monoisotopic (exact) mass is 320 g/mol. The van der Waals surface area contributed by atoms with E-state index < -0.39 is 17.9 Å². The van der Waals surface area contributed by atoms with Gasteiger partial charge < -0.3 is 9.47 Å². The topological polar surface area (TPSA) is 94.4 Å². The number of carbonyl (C=O) groups excluding carboxylic acids is 3. The molecule has 116 valence electrons. The molecule has 7 nitrogen and oxygen atoms in total. The largest absolute Gasteiger partial charge is 0.423 e. The predicted molar refractivity (Wildman–Crippen MR) is 81.3 cm³/mol. The van der Waals surface area contributed by atoms with Crippen molar-refractivity contribution in [2.75, 3.05) is 0 Å². The lowest BCUT2D eigenvalue weighted by molar-refractivity contribution is 0.0443. The van der Waals surface area contributed by atoms with Gasteiger partial charge in [-0.2, -0.15) is 10.2 Å². The zero-order valence-electron chi connectivity index (χ0n) is 12.1. The first-order valence-corrected chi connectivity index (χ1v) is 6.91. The summed E-state index contributed by atoms with van der Waals surface area (Å²) in [4.78, 5) is 34.6. The fourth-order valence-corrected chi connectivity index (χ4v) is 2.48. The lowest BCUT2D eigenvalue weighted by Gasteiger charge is -1.97. The molecular weight excluding hydrogens is 312 g/mol. The van der Waals surface area contributed by atoms with Crippen LogP contribution in [0.5, 0.6) is 0 Å².